The molecule has 0 unspecified atom stereocenters. The number of nitrogens with two attached hydrogens (primary N) is 1. The van der Waals surface area contributed by atoms with Gasteiger partial charge in [0.2, 0.25) is 5.88 Å². The van der Waals surface area contributed by atoms with Crippen LogP contribution in [0.3, 0.4) is 0 Å². The van der Waals surface area contributed by atoms with Crippen LogP contribution in [0.15, 0.2) is 34.9 Å². The smallest absolute Gasteiger partial charge is 0.345 e. The number of ether oxygens (including phenoxy) is 1. The second-order valence-electron chi connectivity index (χ2n) is 4.73. The minimum atomic E-state index is -0.726. The molecular formula is C16H12F2N2O3. The third-order valence-corrected chi connectivity index (χ3v) is 3.29. The lowest BCUT2D eigenvalue weighted by Gasteiger charge is -2.04. The van der Waals surface area contributed by atoms with Gasteiger partial charge in [0.15, 0.2) is 5.58 Å². The fraction of sp³-hybridized carbons (Fsp3) is 0.125. The first-order valence-corrected chi connectivity index (χ1v) is 6.82. The first-order valence-electron chi connectivity index (χ1n) is 6.82. The van der Waals surface area contributed by atoms with E-state index in [2.05, 4.69) is 4.98 Å². The van der Waals surface area contributed by atoms with Crippen LogP contribution in [0, 0.1) is 11.6 Å². The van der Waals surface area contributed by atoms with Gasteiger partial charge in [0.1, 0.15) is 22.7 Å². The maximum Gasteiger partial charge on any atom is 0.345 e. The Hall–Kier alpha value is -2.96. The predicted octanol–water partition coefficient (Wildman–Crippen LogP) is 3.53. The lowest BCUT2D eigenvalue weighted by Crippen LogP contribution is -2.06. The number of carbonyl (C=O) groups is 1. The van der Waals surface area contributed by atoms with Crippen LogP contribution in [0.25, 0.3) is 22.2 Å². The van der Waals surface area contributed by atoms with Gasteiger partial charge in [-0.15, -0.1) is 0 Å². The highest BCUT2D eigenvalue weighted by Crippen LogP contribution is 2.32. The maximum absolute atomic E-state index is 13.9. The second-order valence-corrected chi connectivity index (χ2v) is 4.73. The third kappa shape index (κ3) is 2.50. The van der Waals surface area contributed by atoms with Crippen LogP contribution in [-0.2, 0) is 4.74 Å². The number of esters is 1. The monoisotopic (exact) mass is 318 g/mol. The summed E-state index contributed by atoms with van der Waals surface area (Å²) in [7, 11) is 0. The highest BCUT2D eigenvalue weighted by atomic mass is 19.1. The quantitative estimate of drug-likeness (QED) is 0.747. The highest BCUT2D eigenvalue weighted by Gasteiger charge is 2.22. The molecule has 118 valence electrons. The molecule has 3 aromatic rings. The fourth-order valence-corrected chi connectivity index (χ4v) is 2.31. The Morgan fingerprint density at radius 3 is 2.70 bits per heavy atom. The summed E-state index contributed by atoms with van der Waals surface area (Å²) in [5.74, 6) is -2.27. The van der Waals surface area contributed by atoms with Crippen molar-refractivity contribution < 1.29 is 22.7 Å². The molecule has 0 saturated heterocycles. The van der Waals surface area contributed by atoms with Crippen molar-refractivity contribution in [3.05, 3.63) is 47.7 Å². The standard InChI is InChI=1S/C16H12F2N2O3/c1-2-22-16(21)13-14-11(23-15(13)19)6-8(7-20-14)12-9(17)4-3-5-10(12)18/h3-7H,2,19H2,1H3. The molecule has 2 N–H and O–H groups in total. The lowest BCUT2D eigenvalue weighted by molar-refractivity contribution is 0.0529. The number of carbonyl (C=O) groups excluding carboxylic acids is 1. The van der Waals surface area contributed by atoms with Gasteiger partial charge in [0.05, 0.1) is 12.2 Å². The van der Waals surface area contributed by atoms with Crippen molar-refractivity contribution in [3.63, 3.8) is 0 Å². The molecule has 3 rings (SSSR count). The molecule has 5 nitrogen and oxygen atoms in total. The number of nitrogens with zero attached hydrogens (tertiary/aromatic N) is 1. The van der Waals surface area contributed by atoms with E-state index in [1.165, 1.54) is 18.3 Å². The van der Waals surface area contributed by atoms with Gasteiger partial charge in [-0.3, -0.25) is 4.98 Å². The van der Waals surface area contributed by atoms with E-state index in [0.29, 0.717) is 0 Å². The van der Waals surface area contributed by atoms with Crippen LogP contribution < -0.4 is 5.73 Å². The summed E-state index contributed by atoms with van der Waals surface area (Å²) >= 11 is 0. The Bertz CT molecular complexity index is 885. The maximum atomic E-state index is 13.9. The van der Waals surface area contributed by atoms with E-state index in [-0.39, 0.29) is 40.3 Å². The van der Waals surface area contributed by atoms with Gasteiger partial charge in [-0.1, -0.05) is 6.07 Å². The minimum Gasteiger partial charge on any atom is -0.462 e. The number of furan rings is 1. The Kier molecular flexibility index (Phi) is 3.69. The number of benzene rings is 1. The molecule has 0 bridgehead atoms. The normalized spacial score (nSPS) is 10.9. The van der Waals surface area contributed by atoms with Gasteiger partial charge >= 0.3 is 5.97 Å². The Morgan fingerprint density at radius 1 is 1.35 bits per heavy atom. The minimum absolute atomic E-state index is 0.00223. The molecule has 0 saturated carbocycles. The van der Waals surface area contributed by atoms with Gasteiger partial charge in [-0.25, -0.2) is 13.6 Å². The molecule has 2 heterocycles. The molecule has 0 spiro atoms. The molecule has 0 aliphatic heterocycles. The Balaban J connectivity index is 2.16. The zero-order valence-electron chi connectivity index (χ0n) is 12.1. The fourth-order valence-electron chi connectivity index (χ4n) is 2.31. The molecule has 0 atom stereocenters. The number of hydrogen-bond donors (Lipinski definition) is 1. The average Bonchev–Trinajstić information content (AvgIpc) is 2.82. The van der Waals surface area contributed by atoms with Crippen molar-refractivity contribution in [3.8, 4) is 11.1 Å². The number of rotatable bonds is 3. The van der Waals surface area contributed by atoms with Gasteiger partial charge < -0.3 is 14.9 Å². The summed E-state index contributed by atoms with van der Waals surface area (Å²) in [6.45, 7) is 1.83. The van der Waals surface area contributed by atoms with E-state index in [4.69, 9.17) is 14.9 Å². The molecule has 1 aromatic carbocycles. The summed E-state index contributed by atoms with van der Waals surface area (Å²) in [6, 6.07) is 4.93. The molecule has 2 aromatic heterocycles. The second kappa shape index (κ2) is 5.68. The van der Waals surface area contributed by atoms with Crippen molar-refractivity contribution in [2.75, 3.05) is 12.3 Å². The molecule has 0 aliphatic rings. The van der Waals surface area contributed by atoms with Crippen molar-refractivity contribution in [1.82, 2.24) is 4.98 Å². The van der Waals surface area contributed by atoms with Gasteiger partial charge in [-0.05, 0) is 25.1 Å². The molecule has 0 fully saturated rings. The summed E-state index contributed by atoms with van der Waals surface area (Å²) in [5.41, 5.74) is 5.96. The van der Waals surface area contributed by atoms with E-state index in [1.54, 1.807) is 6.92 Å². The number of pyridine rings is 1. The van der Waals surface area contributed by atoms with Crippen LogP contribution in [0.5, 0.6) is 0 Å². The van der Waals surface area contributed by atoms with Gasteiger partial charge in [0.25, 0.3) is 0 Å². The summed E-state index contributed by atoms with van der Waals surface area (Å²) < 4.78 is 37.9. The van der Waals surface area contributed by atoms with Crippen molar-refractivity contribution >= 4 is 23.0 Å². The van der Waals surface area contributed by atoms with Crippen molar-refractivity contribution in [1.29, 1.82) is 0 Å². The first-order chi connectivity index (χ1) is 11.0. The molecule has 0 radical (unpaired) electrons. The SMILES string of the molecule is CCOC(=O)c1c(N)oc2cc(-c3c(F)cccc3F)cnc12. The topological polar surface area (TPSA) is 78.4 Å². The Labute approximate surface area is 129 Å². The number of nitrogen functional groups attached to an aromatic ring is 1. The van der Waals surface area contributed by atoms with Crippen LogP contribution >= 0.6 is 0 Å². The van der Waals surface area contributed by atoms with Crippen molar-refractivity contribution in [2.45, 2.75) is 6.92 Å². The van der Waals surface area contributed by atoms with Gasteiger partial charge in [0, 0.05) is 11.8 Å². The molecule has 23 heavy (non-hydrogen) atoms. The zero-order valence-corrected chi connectivity index (χ0v) is 12.1. The first kappa shape index (κ1) is 15.0. The van der Waals surface area contributed by atoms with Crippen LogP contribution in [0.4, 0.5) is 14.7 Å². The number of fused-ring (bicyclic) bond motifs is 1. The van der Waals surface area contributed by atoms with E-state index in [0.717, 1.165) is 12.1 Å². The Morgan fingerprint density at radius 2 is 2.04 bits per heavy atom. The molecular weight excluding hydrogens is 306 g/mol. The summed E-state index contributed by atoms with van der Waals surface area (Å²) in [4.78, 5) is 15.9. The lowest BCUT2D eigenvalue weighted by atomic mass is 10.1. The molecule has 7 heteroatoms. The summed E-state index contributed by atoms with van der Waals surface area (Å²) in [5, 5.41) is 0. The largest absolute Gasteiger partial charge is 0.462 e. The van der Waals surface area contributed by atoms with E-state index >= 15 is 0 Å². The van der Waals surface area contributed by atoms with E-state index < -0.39 is 17.6 Å². The number of hydrogen-bond acceptors (Lipinski definition) is 5. The highest BCUT2D eigenvalue weighted by molar-refractivity contribution is 6.06. The average molecular weight is 318 g/mol. The van der Waals surface area contributed by atoms with E-state index in [9.17, 15) is 13.6 Å². The predicted molar refractivity (Wildman–Crippen MR) is 79.7 cm³/mol. The zero-order chi connectivity index (χ0) is 16.6. The number of aromatic nitrogens is 1. The third-order valence-electron chi connectivity index (χ3n) is 3.29. The van der Waals surface area contributed by atoms with Crippen molar-refractivity contribution in [2.24, 2.45) is 0 Å². The molecule has 0 amide bonds. The number of anilines is 1. The van der Waals surface area contributed by atoms with Crippen LogP contribution in [0.2, 0.25) is 0 Å². The van der Waals surface area contributed by atoms with Gasteiger partial charge in [-0.2, -0.15) is 0 Å². The van der Waals surface area contributed by atoms with Crippen LogP contribution in [-0.4, -0.2) is 17.6 Å². The molecule has 0 aliphatic carbocycles. The number of halogens is 2. The summed E-state index contributed by atoms with van der Waals surface area (Å²) in [6.07, 6.45) is 1.25. The van der Waals surface area contributed by atoms with E-state index in [1.807, 2.05) is 0 Å². The van der Waals surface area contributed by atoms with Crippen LogP contribution in [0.1, 0.15) is 17.3 Å².